The Morgan fingerprint density at radius 1 is 1.35 bits per heavy atom. The van der Waals surface area contributed by atoms with E-state index in [-0.39, 0.29) is 7.52 Å². The summed E-state index contributed by atoms with van der Waals surface area (Å²) in [7, 11) is 0. The number of carbonyl (C=O) groups excluding carboxylic acids is 1. The fourth-order valence-electron chi connectivity index (χ4n) is 2.16. The lowest BCUT2D eigenvalue weighted by Crippen LogP contribution is -2.34. The number of hydrogen-bond acceptors (Lipinski definition) is 2. The second-order valence-electron chi connectivity index (χ2n) is 5.95. The van der Waals surface area contributed by atoms with E-state index in [0.29, 0.717) is 6.54 Å². The van der Waals surface area contributed by atoms with Gasteiger partial charge in [0.25, 0.3) is 0 Å². The van der Waals surface area contributed by atoms with Crippen molar-refractivity contribution in [1.82, 2.24) is 9.88 Å². The molecule has 0 aliphatic rings. The minimum absolute atomic E-state index is 0. The zero-order valence-electron chi connectivity index (χ0n) is 12.6. The first-order valence-electron chi connectivity index (χ1n) is 6.88. The van der Waals surface area contributed by atoms with Crippen LogP contribution in [0, 0.1) is 6.92 Å². The number of hydrogen-bond donors (Lipinski definition) is 1. The van der Waals surface area contributed by atoms with E-state index in [2.05, 4.69) is 47.3 Å². The quantitative estimate of drug-likeness (QED) is 0.928. The summed E-state index contributed by atoms with van der Waals surface area (Å²) in [6, 6.07) is 8.36. The Morgan fingerprint density at radius 3 is 2.80 bits per heavy atom. The van der Waals surface area contributed by atoms with Crippen LogP contribution in [0.3, 0.4) is 0 Å². The third kappa shape index (κ3) is 3.53. The second kappa shape index (κ2) is 5.57. The largest absolute Gasteiger partial charge is 0.444 e. The van der Waals surface area contributed by atoms with Crippen LogP contribution >= 0.6 is 0 Å². The molecule has 2 rings (SSSR count). The van der Waals surface area contributed by atoms with Crippen LogP contribution in [-0.4, -0.2) is 22.8 Å². The van der Waals surface area contributed by atoms with Gasteiger partial charge in [0.2, 0.25) is 0 Å². The molecule has 20 heavy (non-hydrogen) atoms. The van der Waals surface area contributed by atoms with Gasteiger partial charge in [0.05, 0.1) is 0 Å². The van der Waals surface area contributed by atoms with E-state index < -0.39 is 5.60 Å². The lowest BCUT2D eigenvalue weighted by atomic mass is 10.1. The summed E-state index contributed by atoms with van der Waals surface area (Å²) in [6.07, 6.45) is 1.68. The number of nitrogens with one attached hydrogen (secondary N) is 1. The first-order chi connectivity index (χ1) is 9.37. The van der Waals surface area contributed by atoms with Gasteiger partial charge in [0.15, 0.2) is 0 Å². The number of benzene rings is 1. The number of rotatable bonds is 3. The maximum atomic E-state index is 11.6. The van der Waals surface area contributed by atoms with Crippen molar-refractivity contribution >= 4 is 17.0 Å². The highest BCUT2D eigenvalue weighted by atomic mass is 16.6. The van der Waals surface area contributed by atoms with Gasteiger partial charge < -0.3 is 14.6 Å². The molecule has 1 aromatic carbocycles. The molecule has 0 bridgehead atoms. The number of alkyl carbamates (subject to hydrolysis) is 1. The molecule has 4 nitrogen and oxygen atoms in total. The zero-order valence-corrected chi connectivity index (χ0v) is 12.6. The van der Waals surface area contributed by atoms with Crippen molar-refractivity contribution in [2.45, 2.75) is 39.8 Å². The molecule has 0 spiro atoms. The number of aryl methyl sites for hydroxylation is 1. The normalized spacial score (nSPS) is 11.6. The Bertz CT molecular complexity index is 614. The Hall–Kier alpha value is -1.97. The van der Waals surface area contributed by atoms with Crippen LogP contribution in [0.4, 0.5) is 4.79 Å². The Labute approximate surface area is 121 Å². The summed E-state index contributed by atoms with van der Waals surface area (Å²) in [5.74, 6) is 0. The van der Waals surface area contributed by atoms with Crippen LogP contribution in [0.5, 0.6) is 0 Å². The second-order valence-corrected chi connectivity index (χ2v) is 5.95. The molecule has 1 heterocycles. The summed E-state index contributed by atoms with van der Waals surface area (Å²) in [5.41, 5.74) is 2.00. The Kier molecular flexibility index (Phi) is 4.02. The predicted octanol–water partition coefficient (Wildman–Crippen LogP) is 3.72. The van der Waals surface area contributed by atoms with Crippen LogP contribution in [0.15, 0.2) is 30.5 Å². The van der Waals surface area contributed by atoms with Gasteiger partial charge in [-0.05, 0) is 45.4 Å². The van der Waals surface area contributed by atoms with E-state index in [0.717, 1.165) is 6.54 Å². The Morgan fingerprint density at radius 2 is 2.10 bits per heavy atom. The molecule has 2 aromatic rings. The van der Waals surface area contributed by atoms with Crippen LogP contribution in [0.1, 0.15) is 27.8 Å². The lowest BCUT2D eigenvalue weighted by molar-refractivity contribution is 0.0526. The molecule has 0 aliphatic carbocycles. The number of nitrogens with zero attached hydrogens (tertiary/aromatic N) is 1. The lowest BCUT2D eigenvalue weighted by Gasteiger charge is -2.19. The van der Waals surface area contributed by atoms with Gasteiger partial charge >= 0.3 is 6.09 Å². The van der Waals surface area contributed by atoms with Crippen molar-refractivity contribution in [2.75, 3.05) is 6.54 Å². The molecular weight excluding hydrogens is 252 g/mol. The number of carbonyl (C=O) groups is 1. The summed E-state index contributed by atoms with van der Waals surface area (Å²) < 4.78 is 7.34. The van der Waals surface area contributed by atoms with Crippen molar-refractivity contribution in [3.8, 4) is 0 Å². The standard InChI is InChI=1S/C16H22N2O2.H2/c1-12-6-5-7-14-13(12)8-10-18(14)11-9-17-15(19)20-16(2,3)4;/h5-8,10H,9,11H2,1-4H3,(H,17,19);1H. The number of fused-ring (bicyclic) bond motifs is 1. The van der Waals surface area contributed by atoms with E-state index in [1.807, 2.05) is 20.8 Å². The molecular formula is C16H24N2O2. The number of aromatic nitrogens is 1. The monoisotopic (exact) mass is 276 g/mol. The first kappa shape index (κ1) is 14.4. The molecule has 0 radical (unpaired) electrons. The predicted molar refractivity (Wildman–Crippen MR) is 83.0 cm³/mol. The van der Waals surface area contributed by atoms with Crippen molar-refractivity contribution in [3.63, 3.8) is 0 Å². The molecule has 0 atom stereocenters. The highest BCUT2D eigenvalue weighted by molar-refractivity contribution is 5.83. The molecule has 4 heteroatoms. The summed E-state index contributed by atoms with van der Waals surface area (Å²) in [6.45, 7) is 8.95. The third-order valence-electron chi connectivity index (χ3n) is 3.05. The molecule has 1 N–H and O–H groups in total. The molecule has 110 valence electrons. The maximum Gasteiger partial charge on any atom is 0.407 e. The molecule has 0 fully saturated rings. The van der Waals surface area contributed by atoms with E-state index >= 15 is 0 Å². The molecule has 0 saturated heterocycles. The zero-order chi connectivity index (χ0) is 14.8. The average Bonchev–Trinajstić information content (AvgIpc) is 2.72. The third-order valence-corrected chi connectivity index (χ3v) is 3.05. The number of amides is 1. The molecule has 1 aromatic heterocycles. The fourth-order valence-corrected chi connectivity index (χ4v) is 2.16. The van der Waals surface area contributed by atoms with Gasteiger partial charge in [-0.3, -0.25) is 0 Å². The van der Waals surface area contributed by atoms with Gasteiger partial charge in [-0.15, -0.1) is 0 Å². The van der Waals surface area contributed by atoms with Crippen molar-refractivity contribution in [3.05, 3.63) is 36.0 Å². The van der Waals surface area contributed by atoms with Gasteiger partial charge in [0.1, 0.15) is 5.60 Å². The molecule has 0 saturated carbocycles. The fraction of sp³-hybridized carbons (Fsp3) is 0.438. The summed E-state index contributed by atoms with van der Waals surface area (Å²) in [4.78, 5) is 11.6. The first-order valence-corrected chi connectivity index (χ1v) is 6.88. The van der Waals surface area contributed by atoms with Gasteiger partial charge in [-0.2, -0.15) is 0 Å². The van der Waals surface area contributed by atoms with E-state index in [9.17, 15) is 4.79 Å². The maximum absolute atomic E-state index is 11.6. The van der Waals surface area contributed by atoms with Crippen LogP contribution in [0.25, 0.3) is 10.9 Å². The average molecular weight is 276 g/mol. The molecule has 1 amide bonds. The van der Waals surface area contributed by atoms with Crippen molar-refractivity contribution in [2.24, 2.45) is 0 Å². The topological polar surface area (TPSA) is 43.3 Å². The van der Waals surface area contributed by atoms with Gasteiger partial charge in [-0.1, -0.05) is 12.1 Å². The van der Waals surface area contributed by atoms with Crippen LogP contribution in [-0.2, 0) is 11.3 Å². The molecule has 0 unspecified atom stereocenters. The highest BCUT2D eigenvalue weighted by Crippen LogP contribution is 2.19. The van der Waals surface area contributed by atoms with E-state index in [1.54, 1.807) is 0 Å². The summed E-state index contributed by atoms with van der Waals surface area (Å²) >= 11 is 0. The van der Waals surface area contributed by atoms with Crippen molar-refractivity contribution < 1.29 is 11.0 Å². The SMILES string of the molecule is Cc1cccc2c1ccn2CCNC(=O)OC(C)(C)C.[HH]. The van der Waals surface area contributed by atoms with Crippen molar-refractivity contribution in [1.29, 1.82) is 0 Å². The molecule has 0 aliphatic heterocycles. The minimum atomic E-state index is -0.457. The summed E-state index contributed by atoms with van der Waals surface area (Å²) in [5, 5.41) is 4.03. The number of ether oxygens (including phenoxy) is 1. The highest BCUT2D eigenvalue weighted by Gasteiger charge is 2.15. The van der Waals surface area contributed by atoms with Gasteiger partial charge in [-0.25, -0.2) is 4.79 Å². The Balaban J connectivity index is 0.00000220. The minimum Gasteiger partial charge on any atom is -0.444 e. The van der Waals surface area contributed by atoms with E-state index in [4.69, 9.17) is 4.74 Å². The smallest absolute Gasteiger partial charge is 0.407 e. The van der Waals surface area contributed by atoms with Crippen LogP contribution < -0.4 is 5.32 Å². The van der Waals surface area contributed by atoms with Crippen LogP contribution in [0.2, 0.25) is 0 Å². The van der Waals surface area contributed by atoms with E-state index in [1.165, 1.54) is 16.5 Å². The van der Waals surface area contributed by atoms with Gasteiger partial charge in [0, 0.05) is 31.6 Å².